The van der Waals surface area contributed by atoms with E-state index in [1.807, 2.05) is 54.6 Å². The number of nitrogens with one attached hydrogen (secondary N) is 1. The predicted octanol–water partition coefficient (Wildman–Crippen LogP) is 2.81. The lowest BCUT2D eigenvalue weighted by Crippen LogP contribution is -2.30. The molecule has 0 aliphatic rings. The van der Waals surface area contributed by atoms with Crippen LogP contribution in [0, 0.1) is 0 Å². The van der Waals surface area contributed by atoms with Gasteiger partial charge in [-0.1, -0.05) is 42.5 Å². The number of urea groups is 1. The molecule has 3 N–H and O–H groups in total. The van der Waals surface area contributed by atoms with Gasteiger partial charge in [0.2, 0.25) is 0 Å². The Labute approximate surface area is 119 Å². The Morgan fingerprint density at radius 3 is 2.50 bits per heavy atom. The van der Waals surface area contributed by atoms with Crippen molar-refractivity contribution >= 4 is 11.7 Å². The first-order valence-corrected chi connectivity index (χ1v) is 6.54. The summed E-state index contributed by atoms with van der Waals surface area (Å²) >= 11 is 0. The Morgan fingerprint density at radius 1 is 1.10 bits per heavy atom. The van der Waals surface area contributed by atoms with Crippen LogP contribution in [0.2, 0.25) is 0 Å². The van der Waals surface area contributed by atoms with Gasteiger partial charge in [0, 0.05) is 25.8 Å². The molecular formula is C16H19N3O. The average Bonchev–Trinajstić information content (AvgIpc) is 2.48. The summed E-state index contributed by atoms with van der Waals surface area (Å²) in [4.78, 5) is 13.7. The van der Waals surface area contributed by atoms with Crippen LogP contribution in [-0.4, -0.2) is 18.0 Å². The summed E-state index contributed by atoms with van der Waals surface area (Å²) in [6.45, 7) is 1.06. The van der Waals surface area contributed by atoms with E-state index in [0.29, 0.717) is 13.1 Å². The lowest BCUT2D eigenvalue weighted by atomic mass is 10.1. The molecule has 0 atom stereocenters. The highest BCUT2D eigenvalue weighted by atomic mass is 16.2. The highest BCUT2D eigenvalue weighted by Gasteiger charge is 2.09. The minimum absolute atomic E-state index is 0.130. The van der Waals surface area contributed by atoms with E-state index >= 15 is 0 Å². The molecule has 0 saturated carbocycles. The molecule has 0 fully saturated rings. The molecule has 0 bridgehead atoms. The lowest BCUT2D eigenvalue weighted by Gasteiger charge is -2.18. The first-order chi connectivity index (χ1) is 9.69. The number of para-hydroxylation sites is 1. The SMILES string of the molecule is CN(Cc1cccc(CN)c1)C(=O)Nc1ccccc1. The van der Waals surface area contributed by atoms with Crippen molar-refractivity contribution in [3.63, 3.8) is 0 Å². The monoisotopic (exact) mass is 269 g/mol. The number of benzene rings is 2. The standard InChI is InChI=1S/C16H19N3O/c1-19(12-14-7-5-6-13(10-14)11-17)16(20)18-15-8-3-2-4-9-15/h2-10H,11-12,17H2,1H3,(H,18,20). The van der Waals surface area contributed by atoms with Crippen LogP contribution in [0.3, 0.4) is 0 Å². The third kappa shape index (κ3) is 3.83. The van der Waals surface area contributed by atoms with Crippen LogP contribution in [0.15, 0.2) is 54.6 Å². The van der Waals surface area contributed by atoms with Gasteiger partial charge in [-0.2, -0.15) is 0 Å². The zero-order chi connectivity index (χ0) is 14.4. The molecule has 2 rings (SSSR count). The van der Waals surface area contributed by atoms with Crippen LogP contribution in [-0.2, 0) is 13.1 Å². The maximum atomic E-state index is 12.1. The van der Waals surface area contributed by atoms with E-state index in [4.69, 9.17) is 5.73 Å². The van der Waals surface area contributed by atoms with Gasteiger partial charge < -0.3 is 16.0 Å². The number of carbonyl (C=O) groups is 1. The molecule has 4 nitrogen and oxygen atoms in total. The summed E-state index contributed by atoms with van der Waals surface area (Å²) in [5, 5.41) is 2.85. The number of rotatable bonds is 4. The van der Waals surface area contributed by atoms with Crippen LogP contribution in [0.25, 0.3) is 0 Å². The van der Waals surface area contributed by atoms with Crippen molar-refractivity contribution in [2.24, 2.45) is 5.73 Å². The molecule has 0 aliphatic heterocycles. The number of hydrogen-bond acceptors (Lipinski definition) is 2. The van der Waals surface area contributed by atoms with Crippen molar-refractivity contribution in [1.82, 2.24) is 4.90 Å². The molecule has 0 heterocycles. The summed E-state index contributed by atoms with van der Waals surface area (Å²) in [5.41, 5.74) is 8.55. The molecule has 0 spiro atoms. The molecule has 0 aromatic heterocycles. The van der Waals surface area contributed by atoms with Gasteiger partial charge in [0.1, 0.15) is 0 Å². The normalized spacial score (nSPS) is 10.1. The zero-order valence-electron chi connectivity index (χ0n) is 11.5. The van der Waals surface area contributed by atoms with Gasteiger partial charge in [-0.25, -0.2) is 4.79 Å². The summed E-state index contributed by atoms with van der Waals surface area (Å²) in [7, 11) is 1.77. The Balaban J connectivity index is 1.97. The summed E-state index contributed by atoms with van der Waals surface area (Å²) < 4.78 is 0. The maximum absolute atomic E-state index is 12.1. The Bertz CT molecular complexity index is 569. The van der Waals surface area contributed by atoms with Crippen LogP contribution < -0.4 is 11.1 Å². The van der Waals surface area contributed by atoms with Gasteiger partial charge in [-0.3, -0.25) is 0 Å². The second-order valence-electron chi connectivity index (χ2n) is 4.68. The molecule has 4 heteroatoms. The molecular weight excluding hydrogens is 250 g/mol. The van der Waals surface area contributed by atoms with Crippen molar-refractivity contribution in [2.45, 2.75) is 13.1 Å². The van der Waals surface area contributed by atoms with E-state index < -0.39 is 0 Å². The lowest BCUT2D eigenvalue weighted by molar-refractivity contribution is 0.220. The van der Waals surface area contributed by atoms with E-state index in [-0.39, 0.29) is 6.03 Å². The quantitative estimate of drug-likeness (QED) is 0.896. The van der Waals surface area contributed by atoms with Crippen molar-refractivity contribution < 1.29 is 4.79 Å². The smallest absolute Gasteiger partial charge is 0.321 e. The van der Waals surface area contributed by atoms with Crippen LogP contribution in [0.5, 0.6) is 0 Å². The number of carbonyl (C=O) groups excluding carboxylic acids is 1. The molecule has 20 heavy (non-hydrogen) atoms. The highest BCUT2D eigenvalue weighted by molar-refractivity contribution is 5.89. The largest absolute Gasteiger partial charge is 0.326 e. The fourth-order valence-electron chi connectivity index (χ4n) is 1.94. The maximum Gasteiger partial charge on any atom is 0.321 e. The third-order valence-electron chi connectivity index (χ3n) is 3.02. The van der Waals surface area contributed by atoms with E-state index in [2.05, 4.69) is 5.32 Å². The molecule has 2 amide bonds. The minimum Gasteiger partial charge on any atom is -0.326 e. The first kappa shape index (κ1) is 14.1. The molecule has 2 aromatic carbocycles. The van der Waals surface area contributed by atoms with Gasteiger partial charge in [0.25, 0.3) is 0 Å². The predicted molar refractivity (Wildman–Crippen MR) is 81.3 cm³/mol. The number of nitrogens with two attached hydrogens (primary N) is 1. The molecule has 104 valence electrons. The Hall–Kier alpha value is -2.33. The van der Waals surface area contributed by atoms with Gasteiger partial charge in [0.15, 0.2) is 0 Å². The highest BCUT2D eigenvalue weighted by Crippen LogP contribution is 2.10. The Morgan fingerprint density at radius 2 is 1.80 bits per heavy atom. The molecule has 0 radical (unpaired) electrons. The Kier molecular flexibility index (Phi) is 4.74. The van der Waals surface area contributed by atoms with Crippen molar-refractivity contribution in [1.29, 1.82) is 0 Å². The molecule has 0 aliphatic carbocycles. The van der Waals surface area contributed by atoms with E-state index in [1.54, 1.807) is 11.9 Å². The first-order valence-electron chi connectivity index (χ1n) is 6.54. The van der Waals surface area contributed by atoms with E-state index in [0.717, 1.165) is 16.8 Å². The van der Waals surface area contributed by atoms with Crippen molar-refractivity contribution in [2.75, 3.05) is 12.4 Å². The fourth-order valence-corrected chi connectivity index (χ4v) is 1.94. The van der Waals surface area contributed by atoms with E-state index in [1.165, 1.54) is 0 Å². The number of amides is 2. The zero-order valence-corrected chi connectivity index (χ0v) is 11.5. The number of nitrogens with zero attached hydrogens (tertiary/aromatic N) is 1. The van der Waals surface area contributed by atoms with Crippen LogP contribution in [0.4, 0.5) is 10.5 Å². The van der Waals surface area contributed by atoms with Crippen molar-refractivity contribution in [3.8, 4) is 0 Å². The van der Waals surface area contributed by atoms with Crippen LogP contribution in [0.1, 0.15) is 11.1 Å². The van der Waals surface area contributed by atoms with Gasteiger partial charge in [-0.05, 0) is 23.3 Å². The summed E-state index contributed by atoms with van der Waals surface area (Å²) in [6.07, 6.45) is 0. The fraction of sp³-hybridized carbons (Fsp3) is 0.188. The van der Waals surface area contributed by atoms with E-state index in [9.17, 15) is 4.79 Å². The van der Waals surface area contributed by atoms with Gasteiger partial charge in [0.05, 0.1) is 0 Å². The summed E-state index contributed by atoms with van der Waals surface area (Å²) in [6, 6.07) is 17.2. The molecule has 0 unspecified atom stereocenters. The molecule has 2 aromatic rings. The second kappa shape index (κ2) is 6.73. The van der Waals surface area contributed by atoms with Gasteiger partial charge in [-0.15, -0.1) is 0 Å². The summed E-state index contributed by atoms with van der Waals surface area (Å²) in [5.74, 6) is 0. The minimum atomic E-state index is -0.130. The topological polar surface area (TPSA) is 58.4 Å². The third-order valence-corrected chi connectivity index (χ3v) is 3.02. The molecule has 0 saturated heterocycles. The van der Waals surface area contributed by atoms with Gasteiger partial charge >= 0.3 is 6.03 Å². The van der Waals surface area contributed by atoms with Crippen LogP contribution >= 0.6 is 0 Å². The van der Waals surface area contributed by atoms with Crippen molar-refractivity contribution in [3.05, 3.63) is 65.7 Å². The number of hydrogen-bond donors (Lipinski definition) is 2. The number of anilines is 1. The average molecular weight is 269 g/mol. The second-order valence-corrected chi connectivity index (χ2v) is 4.68.